The first kappa shape index (κ1) is 10.9. The highest BCUT2D eigenvalue weighted by Gasteiger charge is 2.14. The lowest BCUT2D eigenvalue weighted by atomic mass is 10.3. The Morgan fingerprint density at radius 1 is 1.29 bits per heavy atom. The summed E-state index contributed by atoms with van der Waals surface area (Å²) in [5, 5.41) is 14.4. The van der Waals surface area contributed by atoms with Crippen molar-refractivity contribution >= 4 is 17.6 Å². The molecule has 6 nitrogen and oxygen atoms in total. The van der Waals surface area contributed by atoms with Crippen molar-refractivity contribution in [3.8, 4) is 0 Å². The number of anilines is 1. The number of nitrogens with zero attached hydrogens (tertiary/aromatic N) is 2. The molecule has 1 aromatic heterocycles. The first-order valence-electron chi connectivity index (χ1n) is 4.83. The summed E-state index contributed by atoms with van der Waals surface area (Å²) >= 11 is 0. The summed E-state index contributed by atoms with van der Waals surface area (Å²) in [6, 6.07) is 10.5. The Kier molecular flexibility index (Phi) is 3.15. The van der Waals surface area contributed by atoms with Gasteiger partial charge in [-0.2, -0.15) is 5.10 Å². The van der Waals surface area contributed by atoms with Crippen molar-refractivity contribution in [2.75, 3.05) is 5.43 Å². The van der Waals surface area contributed by atoms with E-state index in [9.17, 15) is 10.1 Å². The predicted molar refractivity (Wildman–Crippen MR) is 63.0 cm³/mol. The van der Waals surface area contributed by atoms with Crippen LogP contribution in [0.1, 0.15) is 5.76 Å². The number of benzene rings is 1. The molecule has 0 amide bonds. The van der Waals surface area contributed by atoms with Crippen LogP contribution >= 0.6 is 0 Å². The quantitative estimate of drug-likeness (QED) is 0.498. The number of nitrogens with one attached hydrogen (secondary N) is 1. The number of nitro groups is 1. The van der Waals surface area contributed by atoms with Crippen LogP contribution in [0.5, 0.6) is 0 Å². The van der Waals surface area contributed by atoms with E-state index in [1.165, 1.54) is 18.5 Å². The molecule has 0 saturated heterocycles. The number of para-hydroxylation sites is 1. The molecule has 1 aromatic carbocycles. The second-order valence-corrected chi connectivity index (χ2v) is 3.16. The second kappa shape index (κ2) is 4.93. The van der Waals surface area contributed by atoms with E-state index in [2.05, 4.69) is 10.5 Å². The molecule has 86 valence electrons. The van der Waals surface area contributed by atoms with Crippen molar-refractivity contribution in [1.82, 2.24) is 0 Å². The third-order valence-corrected chi connectivity index (χ3v) is 2.02. The van der Waals surface area contributed by atoms with Crippen molar-refractivity contribution < 1.29 is 9.34 Å². The van der Waals surface area contributed by atoms with E-state index in [0.29, 0.717) is 0 Å². The number of hydrogen-bond donors (Lipinski definition) is 1. The molecule has 0 fully saturated rings. The van der Waals surface area contributed by atoms with Gasteiger partial charge in [-0.05, 0) is 12.1 Å². The number of rotatable bonds is 4. The van der Waals surface area contributed by atoms with Crippen molar-refractivity contribution in [1.29, 1.82) is 0 Å². The zero-order valence-electron chi connectivity index (χ0n) is 8.74. The van der Waals surface area contributed by atoms with Gasteiger partial charge in [-0.25, -0.2) is 0 Å². The fraction of sp³-hybridized carbons (Fsp3) is 0. The minimum Gasteiger partial charge on any atom is -0.456 e. The average Bonchev–Trinajstić information content (AvgIpc) is 2.79. The molecule has 2 rings (SSSR count). The maximum atomic E-state index is 10.6. The maximum absolute atomic E-state index is 10.6. The van der Waals surface area contributed by atoms with Crippen LogP contribution in [0.4, 0.5) is 11.4 Å². The Balaban J connectivity index is 2.06. The van der Waals surface area contributed by atoms with E-state index in [0.717, 1.165) is 5.69 Å². The predicted octanol–water partition coefficient (Wildman–Crippen LogP) is 2.63. The van der Waals surface area contributed by atoms with Gasteiger partial charge in [0.15, 0.2) is 0 Å². The van der Waals surface area contributed by atoms with Crippen molar-refractivity contribution in [2.24, 2.45) is 5.10 Å². The van der Waals surface area contributed by atoms with Gasteiger partial charge in [-0.3, -0.25) is 15.5 Å². The molecule has 0 atom stereocenters. The Bertz CT molecular complexity index is 534. The van der Waals surface area contributed by atoms with Gasteiger partial charge in [0.2, 0.25) is 5.76 Å². The van der Waals surface area contributed by atoms with E-state index in [1.54, 1.807) is 0 Å². The molecular formula is C11H9N3O3. The second-order valence-electron chi connectivity index (χ2n) is 3.16. The van der Waals surface area contributed by atoms with Crippen LogP contribution < -0.4 is 5.43 Å². The van der Waals surface area contributed by atoms with E-state index < -0.39 is 4.92 Å². The molecule has 0 spiro atoms. The molecule has 0 radical (unpaired) electrons. The third kappa shape index (κ3) is 2.69. The van der Waals surface area contributed by atoms with Crippen molar-refractivity contribution in [3.63, 3.8) is 0 Å². The van der Waals surface area contributed by atoms with Gasteiger partial charge in [0, 0.05) is 0 Å². The highest BCUT2D eigenvalue weighted by Crippen LogP contribution is 2.17. The van der Waals surface area contributed by atoms with Crippen LogP contribution in [-0.4, -0.2) is 11.1 Å². The van der Waals surface area contributed by atoms with E-state index in [4.69, 9.17) is 4.42 Å². The van der Waals surface area contributed by atoms with E-state index in [-0.39, 0.29) is 11.4 Å². The van der Waals surface area contributed by atoms with Gasteiger partial charge in [-0.1, -0.05) is 18.2 Å². The smallest absolute Gasteiger partial charge is 0.316 e. The summed E-state index contributed by atoms with van der Waals surface area (Å²) in [6.45, 7) is 0. The Morgan fingerprint density at radius 2 is 2.06 bits per heavy atom. The summed E-state index contributed by atoms with van der Waals surface area (Å²) in [5.41, 5.74) is 3.42. The maximum Gasteiger partial charge on any atom is 0.316 e. The number of hydrazone groups is 1. The van der Waals surface area contributed by atoms with Crippen LogP contribution in [0.25, 0.3) is 0 Å². The van der Waals surface area contributed by atoms with Gasteiger partial charge in [0.25, 0.3) is 0 Å². The van der Waals surface area contributed by atoms with Crippen LogP contribution in [0.15, 0.2) is 52.2 Å². The third-order valence-electron chi connectivity index (χ3n) is 2.02. The number of furan rings is 1. The monoisotopic (exact) mass is 231 g/mol. The minimum absolute atomic E-state index is 0.108. The van der Waals surface area contributed by atoms with Gasteiger partial charge < -0.3 is 4.42 Å². The summed E-state index contributed by atoms with van der Waals surface area (Å²) in [6.07, 6.45) is 2.52. The standard InChI is InChI=1S/C11H9N3O3/c15-14(16)10-6-7-17-11(10)8-12-13-9-4-2-1-3-5-9/h1-8,13H. The molecule has 1 heterocycles. The van der Waals surface area contributed by atoms with Gasteiger partial charge in [0.1, 0.15) is 0 Å². The summed E-state index contributed by atoms with van der Waals surface area (Å²) < 4.78 is 4.93. The zero-order chi connectivity index (χ0) is 12.1. The molecule has 0 unspecified atom stereocenters. The molecule has 2 aromatic rings. The Morgan fingerprint density at radius 3 is 2.76 bits per heavy atom. The Hall–Kier alpha value is -2.63. The van der Waals surface area contributed by atoms with Gasteiger partial charge >= 0.3 is 5.69 Å². The van der Waals surface area contributed by atoms with Gasteiger partial charge in [0.05, 0.1) is 29.2 Å². The van der Waals surface area contributed by atoms with Crippen LogP contribution in [0.3, 0.4) is 0 Å². The highest BCUT2D eigenvalue weighted by molar-refractivity contribution is 5.82. The van der Waals surface area contributed by atoms with Crippen LogP contribution in [0.2, 0.25) is 0 Å². The topological polar surface area (TPSA) is 80.7 Å². The normalized spacial score (nSPS) is 10.6. The molecule has 17 heavy (non-hydrogen) atoms. The highest BCUT2D eigenvalue weighted by atomic mass is 16.6. The molecule has 0 aliphatic heterocycles. The lowest BCUT2D eigenvalue weighted by molar-refractivity contribution is -0.385. The fourth-order valence-corrected chi connectivity index (χ4v) is 1.24. The van der Waals surface area contributed by atoms with E-state index >= 15 is 0 Å². The van der Waals surface area contributed by atoms with Gasteiger partial charge in [-0.15, -0.1) is 0 Å². The average molecular weight is 231 g/mol. The van der Waals surface area contributed by atoms with Crippen molar-refractivity contribution in [2.45, 2.75) is 0 Å². The largest absolute Gasteiger partial charge is 0.456 e. The fourth-order valence-electron chi connectivity index (χ4n) is 1.24. The molecule has 6 heteroatoms. The molecule has 0 saturated carbocycles. The summed E-state index contributed by atoms with van der Waals surface area (Å²) in [4.78, 5) is 10.1. The lowest BCUT2D eigenvalue weighted by Crippen LogP contribution is -1.93. The SMILES string of the molecule is O=[N+]([O-])c1ccoc1C=NNc1ccccc1. The lowest BCUT2D eigenvalue weighted by Gasteiger charge is -1.96. The number of hydrogen-bond acceptors (Lipinski definition) is 5. The van der Waals surface area contributed by atoms with Crippen LogP contribution in [-0.2, 0) is 0 Å². The molecule has 1 N–H and O–H groups in total. The first-order valence-corrected chi connectivity index (χ1v) is 4.83. The minimum atomic E-state index is -0.520. The summed E-state index contributed by atoms with van der Waals surface area (Å²) in [7, 11) is 0. The Labute approximate surface area is 96.7 Å². The first-order chi connectivity index (χ1) is 8.27. The molecule has 0 aliphatic carbocycles. The zero-order valence-corrected chi connectivity index (χ0v) is 8.74. The molecule has 0 bridgehead atoms. The van der Waals surface area contributed by atoms with Crippen molar-refractivity contribution in [3.05, 3.63) is 58.5 Å². The van der Waals surface area contributed by atoms with E-state index in [1.807, 2.05) is 30.3 Å². The molecule has 0 aliphatic rings. The van der Waals surface area contributed by atoms with Crippen LogP contribution in [0, 0.1) is 10.1 Å². The summed E-state index contributed by atoms with van der Waals surface area (Å²) in [5.74, 6) is 0.110. The molecular weight excluding hydrogens is 222 g/mol.